The number of likely N-dealkylation sites (tertiary alicyclic amines) is 1. The van der Waals surface area contributed by atoms with Crippen molar-refractivity contribution in [1.29, 1.82) is 0 Å². The van der Waals surface area contributed by atoms with Gasteiger partial charge >= 0.3 is 0 Å². The molecule has 0 radical (unpaired) electrons. The van der Waals surface area contributed by atoms with Crippen LogP contribution in [0.5, 0.6) is 5.75 Å². The van der Waals surface area contributed by atoms with E-state index in [0.29, 0.717) is 125 Å². The summed E-state index contributed by atoms with van der Waals surface area (Å²) >= 11 is 0. The zero-order chi connectivity index (χ0) is 36.3. The molecule has 0 saturated carbocycles. The monoisotopic (exact) mass is 727 g/mol. The van der Waals surface area contributed by atoms with E-state index >= 15 is 0 Å². The number of hydrogen-bond acceptors (Lipinski definition) is 11. The molecule has 1 heterocycles. The predicted molar refractivity (Wildman–Crippen MR) is 197 cm³/mol. The maximum absolute atomic E-state index is 11.7. The van der Waals surface area contributed by atoms with E-state index in [4.69, 9.17) is 47.4 Å². The lowest BCUT2D eigenvalue weighted by Crippen LogP contribution is -2.36. The molecule has 12 heteroatoms. The van der Waals surface area contributed by atoms with Crippen molar-refractivity contribution < 1.29 is 52.2 Å². The van der Waals surface area contributed by atoms with Crippen LogP contribution in [0.25, 0.3) is 0 Å². The van der Waals surface area contributed by atoms with Gasteiger partial charge in [-0.3, -0.25) is 4.79 Å². The second-order valence-electron chi connectivity index (χ2n) is 12.4. The van der Waals surface area contributed by atoms with Crippen LogP contribution in [0.1, 0.15) is 77.2 Å². The zero-order valence-corrected chi connectivity index (χ0v) is 31.8. The topological polar surface area (TPSA) is 113 Å². The van der Waals surface area contributed by atoms with Crippen molar-refractivity contribution >= 4 is 5.91 Å². The summed E-state index contributed by atoms with van der Waals surface area (Å²) in [5, 5.41) is 0. The van der Waals surface area contributed by atoms with Gasteiger partial charge in [0.2, 0.25) is 5.91 Å². The Morgan fingerprint density at radius 3 is 1.39 bits per heavy atom. The van der Waals surface area contributed by atoms with Crippen molar-refractivity contribution in [3.05, 3.63) is 29.8 Å². The second kappa shape index (κ2) is 33.9. The van der Waals surface area contributed by atoms with Crippen LogP contribution in [0.3, 0.4) is 0 Å². The minimum absolute atomic E-state index is 0.163. The van der Waals surface area contributed by atoms with Gasteiger partial charge in [0.1, 0.15) is 18.6 Å². The summed E-state index contributed by atoms with van der Waals surface area (Å²) in [4.78, 5) is 13.5. The molecule has 296 valence electrons. The molecule has 51 heavy (non-hydrogen) atoms. The molecular formula is C39H69NO11. The summed E-state index contributed by atoms with van der Waals surface area (Å²) in [5.41, 5.74) is 1.38. The predicted octanol–water partition coefficient (Wildman–Crippen LogP) is 5.48. The third kappa shape index (κ3) is 26.5. The fraction of sp³-hybridized carbons (Fsp3) is 0.821. The van der Waals surface area contributed by atoms with Gasteiger partial charge in [-0.25, -0.2) is 0 Å². The number of carbonyl (C=O) groups is 1. The second-order valence-corrected chi connectivity index (χ2v) is 12.4. The third-order valence-corrected chi connectivity index (χ3v) is 8.23. The molecule has 1 unspecified atom stereocenters. The normalized spacial score (nSPS) is 13.8. The van der Waals surface area contributed by atoms with Crippen molar-refractivity contribution in [3.8, 4) is 5.75 Å². The maximum atomic E-state index is 11.7. The van der Waals surface area contributed by atoms with Crippen LogP contribution in [0, 0.1) is 0 Å². The van der Waals surface area contributed by atoms with E-state index in [1.165, 1.54) is 50.5 Å². The quantitative estimate of drug-likeness (QED) is 0.0808. The first kappa shape index (κ1) is 45.3. The van der Waals surface area contributed by atoms with Crippen LogP contribution >= 0.6 is 0 Å². The van der Waals surface area contributed by atoms with Crippen molar-refractivity contribution in [2.75, 3.05) is 125 Å². The highest BCUT2D eigenvalue weighted by Gasteiger charge is 2.25. The van der Waals surface area contributed by atoms with Gasteiger partial charge in [0.05, 0.1) is 112 Å². The molecule has 1 fully saturated rings. The molecule has 0 spiro atoms. The Morgan fingerprint density at radius 2 is 0.961 bits per heavy atom. The maximum Gasteiger partial charge on any atom is 0.224 e. The first-order valence-corrected chi connectivity index (χ1v) is 19.5. The number of rotatable bonds is 38. The lowest BCUT2D eigenvalue weighted by atomic mass is 10.0. The van der Waals surface area contributed by atoms with Gasteiger partial charge in [-0.15, -0.1) is 0 Å². The Hall–Kier alpha value is -1.87. The van der Waals surface area contributed by atoms with Gasteiger partial charge in [0.25, 0.3) is 0 Å². The fourth-order valence-corrected chi connectivity index (χ4v) is 5.32. The van der Waals surface area contributed by atoms with Crippen LogP contribution in [-0.2, 0) is 53.8 Å². The van der Waals surface area contributed by atoms with E-state index < -0.39 is 0 Å². The Labute approximate surface area is 308 Å². The van der Waals surface area contributed by atoms with E-state index in [2.05, 4.69) is 31.2 Å². The molecule has 12 nitrogen and oxygen atoms in total. The number of unbranched alkanes of at least 4 members (excludes halogenated alkanes) is 6. The highest BCUT2D eigenvalue weighted by atomic mass is 16.6. The number of benzene rings is 1. The summed E-state index contributed by atoms with van der Waals surface area (Å²) in [7, 11) is 0. The molecule has 1 atom stereocenters. The highest BCUT2D eigenvalue weighted by Crippen LogP contribution is 2.16. The van der Waals surface area contributed by atoms with Crippen molar-refractivity contribution in [3.63, 3.8) is 0 Å². The van der Waals surface area contributed by atoms with Crippen LogP contribution in [-0.4, -0.2) is 143 Å². The van der Waals surface area contributed by atoms with Gasteiger partial charge < -0.3 is 52.3 Å². The first-order chi connectivity index (χ1) is 25.2. The summed E-state index contributed by atoms with van der Waals surface area (Å²) < 4.78 is 55.6. The van der Waals surface area contributed by atoms with Crippen LogP contribution in [0.2, 0.25) is 0 Å². The SMILES string of the molecule is CCCCCCCCCc1ccc(OCCOCCOCCOCCOCCOCCOCCOCCOCCOC(C)N2CCCC2=O)cc1. The molecule has 1 aliphatic rings. The summed E-state index contributed by atoms with van der Waals surface area (Å²) in [5.74, 6) is 1.05. The van der Waals surface area contributed by atoms with Gasteiger partial charge in [-0.05, 0) is 43.9 Å². The lowest BCUT2D eigenvalue weighted by Gasteiger charge is -2.24. The Kier molecular flexibility index (Phi) is 30.1. The number of amides is 1. The average molecular weight is 728 g/mol. The van der Waals surface area contributed by atoms with Gasteiger partial charge in [-0.2, -0.15) is 0 Å². The van der Waals surface area contributed by atoms with Gasteiger partial charge in [0.15, 0.2) is 0 Å². The summed E-state index contributed by atoms with van der Waals surface area (Å²) in [6.45, 7) is 14.0. The number of hydrogen-bond donors (Lipinski definition) is 0. The van der Waals surface area contributed by atoms with Crippen molar-refractivity contribution in [2.24, 2.45) is 0 Å². The molecular weight excluding hydrogens is 658 g/mol. The number of carbonyl (C=O) groups excluding carboxylic acids is 1. The van der Waals surface area contributed by atoms with E-state index in [1.807, 2.05) is 6.92 Å². The molecule has 1 saturated heterocycles. The van der Waals surface area contributed by atoms with E-state index in [0.717, 1.165) is 25.1 Å². The van der Waals surface area contributed by atoms with Gasteiger partial charge in [-0.1, -0.05) is 57.6 Å². The Bertz CT molecular complexity index is 908. The summed E-state index contributed by atoms with van der Waals surface area (Å²) in [6, 6.07) is 8.45. The molecule has 0 N–H and O–H groups in total. The molecule has 1 aliphatic heterocycles. The average Bonchev–Trinajstić information content (AvgIpc) is 3.58. The molecule has 1 amide bonds. The fourth-order valence-electron chi connectivity index (χ4n) is 5.32. The number of aryl methyl sites for hydroxylation is 1. The molecule has 0 aliphatic carbocycles. The summed E-state index contributed by atoms with van der Waals surface area (Å²) in [6.07, 6.45) is 11.8. The lowest BCUT2D eigenvalue weighted by molar-refractivity contribution is -0.140. The third-order valence-electron chi connectivity index (χ3n) is 8.23. The number of nitrogens with zero attached hydrogens (tertiary/aromatic N) is 1. The molecule has 0 aromatic heterocycles. The Morgan fingerprint density at radius 1 is 0.549 bits per heavy atom. The van der Waals surface area contributed by atoms with E-state index in [-0.39, 0.29) is 12.1 Å². The first-order valence-electron chi connectivity index (χ1n) is 19.5. The van der Waals surface area contributed by atoms with Gasteiger partial charge in [0, 0.05) is 13.0 Å². The zero-order valence-electron chi connectivity index (χ0n) is 31.8. The van der Waals surface area contributed by atoms with Crippen LogP contribution in [0.4, 0.5) is 0 Å². The largest absolute Gasteiger partial charge is 0.491 e. The molecule has 1 aromatic carbocycles. The van der Waals surface area contributed by atoms with E-state index in [1.54, 1.807) is 4.90 Å². The number of ether oxygens (including phenoxy) is 10. The molecule has 1 aromatic rings. The minimum Gasteiger partial charge on any atom is -0.491 e. The van der Waals surface area contributed by atoms with Crippen molar-refractivity contribution in [1.82, 2.24) is 4.90 Å². The smallest absolute Gasteiger partial charge is 0.224 e. The standard InChI is InChI=1S/C39H69NO11/c1-3-4-5-6-7-8-9-11-37-13-15-38(16-14-37)51-35-33-49-31-29-47-27-25-45-23-21-43-19-18-42-20-22-44-24-26-46-28-30-48-32-34-50-36(2)40-17-10-12-39(40)41/h13-16,36H,3-12,17-35H2,1-2H3. The van der Waals surface area contributed by atoms with E-state index in [9.17, 15) is 4.79 Å². The van der Waals surface area contributed by atoms with Crippen LogP contribution < -0.4 is 4.74 Å². The van der Waals surface area contributed by atoms with Crippen molar-refractivity contribution in [2.45, 2.75) is 84.3 Å². The Balaban J connectivity index is 1.19. The minimum atomic E-state index is -0.196. The molecule has 0 bridgehead atoms. The highest BCUT2D eigenvalue weighted by molar-refractivity contribution is 5.78. The molecule has 2 rings (SSSR count). The van der Waals surface area contributed by atoms with Crippen LogP contribution in [0.15, 0.2) is 24.3 Å².